The molecule has 0 fully saturated rings. The molecule has 1 aromatic heterocycles. The molecule has 3 rings (SSSR count). The van der Waals surface area contributed by atoms with Crippen LogP contribution in [0.2, 0.25) is 15.1 Å². The zero-order chi connectivity index (χ0) is 21.0. The Morgan fingerprint density at radius 1 is 1.17 bits per heavy atom. The summed E-state index contributed by atoms with van der Waals surface area (Å²) in [5.41, 5.74) is 2.40. The van der Waals surface area contributed by atoms with Crippen LogP contribution in [0.25, 0.3) is 11.4 Å². The largest absolute Gasteiger partial charge is 0.325 e. The fraction of sp³-hybridized carbons (Fsp3) is 0.150. The summed E-state index contributed by atoms with van der Waals surface area (Å²) < 4.78 is 1.87. The number of aryl methyl sites for hydroxylation is 1. The van der Waals surface area contributed by atoms with Gasteiger partial charge in [-0.3, -0.25) is 9.36 Å². The van der Waals surface area contributed by atoms with Crippen LogP contribution < -0.4 is 5.32 Å². The Kier molecular flexibility index (Phi) is 7.24. The Hall–Kier alpha value is -1.99. The van der Waals surface area contributed by atoms with Crippen molar-refractivity contribution < 1.29 is 4.79 Å². The van der Waals surface area contributed by atoms with Gasteiger partial charge in [0.05, 0.1) is 15.8 Å². The smallest absolute Gasteiger partial charge is 0.234 e. The SMILES string of the molecule is C=CCn1c(SCC(=O)Nc2cc(Cl)ccc2C)nnc1-c1ccc(Cl)c(Cl)c1. The van der Waals surface area contributed by atoms with Gasteiger partial charge in [-0.05, 0) is 42.8 Å². The van der Waals surface area contributed by atoms with Crippen molar-refractivity contribution in [2.24, 2.45) is 0 Å². The molecular weight excluding hydrogens is 451 g/mol. The number of halogens is 3. The van der Waals surface area contributed by atoms with Crippen molar-refractivity contribution in [1.82, 2.24) is 14.8 Å². The average Bonchev–Trinajstić information content (AvgIpc) is 3.08. The van der Waals surface area contributed by atoms with E-state index in [0.717, 1.165) is 11.1 Å². The summed E-state index contributed by atoms with van der Waals surface area (Å²) in [4.78, 5) is 12.4. The highest BCUT2D eigenvalue weighted by Gasteiger charge is 2.16. The topological polar surface area (TPSA) is 59.8 Å². The Bertz CT molecular complexity index is 1070. The number of hydrogen-bond acceptors (Lipinski definition) is 4. The van der Waals surface area contributed by atoms with Gasteiger partial charge in [-0.1, -0.05) is 58.7 Å². The van der Waals surface area contributed by atoms with Gasteiger partial charge >= 0.3 is 0 Å². The van der Waals surface area contributed by atoms with E-state index in [9.17, 15) is 4.79 Å². The highest BCUT2D eigenvalue weighted by Crippen LogP contribution is 2.30. The number of carbonyl (C=O) groups is 1. The quantitative estimate of drug-likeness (QED) is 0.335. The van der Waals surface area contributed by atoms with Crippen molar-refractivity contribution in [3.05, 3.63) is 69.7 Å². The maximum absolute atomic E-state index is 12.4. The van der Waals surface area contributed by atoms with Crippen LogP contribution in [0.4, 0.5) is 5.69 Å². The van der Waals surface area contributed by atoms with Gasteiger partial charge in [0, 0.05) is 22.8 Å². The number of thioether (sulfide) groups is 1. The number of aromatic nitrogens is 3. The first kappa shape index (κ1) is 21.7. The highest BCUT2D eigenvalue weighted by molar-refractivity contribution is 7.99. The van der Waals surface area contributed by atoms with E-state index < -0.39 is 0 Å². The van der Waals surface area contributed by atoms with Crippen molar-refractivity contribution in [3.63, 3.8) is 0 Å². The van der Waals surface area contributed by atoms with Crippen LogP contribution >= 0.6 is 46.6 Å². The zero-order valence-electron chi connectivity index (χ0n) is 15.5. The van der Waals surface area contributed by atoms with E-state index in [1.807, 2.05) is 23.6 Å². The van der Waals surface area contributed by atoms with E-state index in [-0.39, 0.29) is 11.7 Å². The summed E-state index contributed by atoms with van der Waals surface area (Å²) in [5.74, 6) is 0.629. The third-order valence-corrected chi connectivity index (χ3v) is 5.95. The van der Waals surface area contributed by atoms with Crippen LogP contribution in [0, 0.1) is 6.92 Å². The van der Waals surface area contributed by atoms with Crippen molar-refractivity contribution in [1.29, 1.82) is 0 Å². The van der Waals surface area contributed by atoms with E-state index >= 15 is 0 Å². The molecule has 0 atom stereocenters. The molecule has 9 heteroatoms. The molecule has 0 aliphatic rings. The van der Waals surface area contributed by atoms with Crippen molar-refractivity contribution >= 4 is 58.2 Å². The number of amides is 1. The van der Waals surface area contributed by atoms with E-state index in [1.54, 1.807) is 30.3 Å². The number of rotatable bonds is 7. The number of hydrogen-bond donors (Lipinski definition) is 1. The normalized spacial score (nSPS) is 10.8. The monoisotopic (exact) mass is 466 g/mol. The summed E-state index contributed by atoms with van der Waals surface area (Å²) in [5, 5.41) is 13.4. The van der Waals surface area contributed by atoms with Crippen molar-refractivity contribution in [2.75, 3.05) is 11.1 Å². The van der Waals surface area contributed by atoms with Gasteiger partial charge in [0.25, 0.3) is 0 Å². The molecule has 1 heterocycles. The second-order valence-electron chi connectivity index (χ2n) is 6.13. The third-order valence-electron chi connectivity index (χ3n) is 4.01. The molecule has 150 valence electrons. The fourth-order valence-electron chi connectivity index (χ4n) is 2.58. The molecule has 1 N–H and O–H groups in total. The summed E-state index contributed by atoms with van der Waals surface area (Å²) in [6, 6.07) is 10.6. The molecule has 3 aromatic rings. The Morgan fingerprint density at radius 3 is 2.69 bits per heavy atom. The van der Waals surface area contributed by atoms with Gasteiger partial charge in [-0.15, -0.1) is 16.8 Å². The van der Waals surface area contributed by atoms with Crippen molar-refractivity contribution in [3.8, 4) is 11.4 Å². The van der Waals surface area contributed by atoms with E-state index in [0.29, 0.717) is 38.3 Å². The lowest BCUT2D eigenvalue weighted by molar-refractivity contribution is -0.113. The van der Waals surface area contributed by atoms with E-state index in [2.05, 4.69) is 22.1 Å². The molecule has 0 unspecified atom stereocenters. The second kappa shape index (κ2) is 9.67. The molecule has 1 amide bonds. The summed E-state index contributed by atoms with van der Waals surface area (Å²) in [7, 11) is 0. The van der Waals surface area contributed by atoms with Gasteiger partial charge in [0.1, 0.15) is 0 Å². The maximum Gasteiger partial charge on any atom is 0.234 e. The van der Waals surface area contributed by atoms with E-state index in [4.69, 9.17) is 34.8 Å². The number of anilines is 1. The van der Waals surface area contributed by atoms with Crippen LogP contribution in [-0.2, 0) is 11.3 Å². The lowest BCUT2D eigenvalue weighted by Crippen LogP contribution is -2.15. The van der Waals surface area contributed by atoms with E-state index in [1.165, 1.54) is 11.8 Å². The molecule has 0 saturated carbocycles. The van der Waals surface area contributed by atoms with Crippen LogP contribution in [0.5, 0.6) is 0 Å². The minimum Gasteiger partial charge on any atom is -0.325 e. The Balaban J connectivity index is 1.76. The number of nitrogens with one attached hydrogen (secondary N) is 1. The molecule has 0 spiro atoms. The lowest BCUT2D eigenvalue weighted by atomic mass is 10.2. The van der Waals surface area contributed by atoms with Gasteiger partial charge in [0.2, 0.25) is 5.91 Å². The van der Waals surface area contributed by atoms with Gasteiger partial charge in [-0.25, -0.2) is 0 Å². The maximum atomic E-state index is 12.4. The Morgan fingerprint density at radius 2 is 1.97 bits per heavy atom. The number of carbonyl (C=O) groups excluding carboxylic acids is 1. The first-order valence-corrected chi connectivity index (χ1v) is 10.7. The molecule has 0 radical (unpaired) electrons. The second-order valence-corrected chi connectivity index (χ2v) is 8.32. The van der Waals surface area contributed by atoms with Crippen LogP contribution in [0.3, 0.4) is 0 Å². The average molecular weight is 468 g/mol. The zero-order valence-corrected chi connectivity index (χ0v) is 18.5. The van der Waals surface area contributed by atoms with Crippen LogP contribution in [-0.4, -0.2) is 26.4 Å². The molecule has 2 aromatic carbocycles. The van der Waals surface area contributed by atoms with Crippen LogP contribution in [0.15, 0.2) is 54.2 Å². The summed E-state index contributed by atoms with van der Waals surface area (Å²) in [6.45, 7) is 6.18. The summed E-state index contributed by atoms with van der Waals surface area (Å²) >= 11 is 19.4. The number of nitrogens with zero attached hydrogens (tertiary/aromatic N) is 3. The molecular formula is C20H17Cl3N4OS. The minimum absolute atomic E-state index is 0.162. The Labute approximate surface area is 188 Å². The molecule has 0 bridgehead atoms. The predicted molar refractivity (Wildman–Crippen MR) is 121 cm³/mol. The first-order valence-electron chi connectivity index (χ1n) is 8.57. The predicted octanol–water partition coefficient (Wildman–Crippen LogP) is 6.13. The molecule has 29 heavy (non-hydrogen) atoms. The third kappa shape index (κ3) is 5.34. The first-order chi connectivity index (χ1) is 13.9. The minimum atomic E-state index is -0.162. The van der Waals surface area contributed by atoms with Gasteiger partial charge in [-0.2, -0.15) is 0 Å². The lowest BCUT2D eigenvalue weighted by Gasteiger charge is -2.10. The standard InChI is InChI=1S/C20H17Cl3N4OS/c1-3-8-27-19(13-5-7-15(22)16(23)9-13)25-26-20(27)29-11-18(28)24-17-10-14(21)6-4-12(17)2/h3-7,9-10H,1,8,11H2,2H3,(H,24,28). The molecule has 0 aliphatic carbocycles. The highest BCUT2D eigenvalue weighted by atomic mass is 35.5. The van der Waals surface area contributed by atoms with Crippen LogP contribution in [0.1, 0.15) is 5.56 Å². The van der Waals surface area contributed by atoms with Gasteiger partial charge in [0.15, 0.2) is 11.0 Å². The molecule has 0 aliphatic heterocycles. The fourth-order valence-corrected chi connectivity index (χ4v) is 3.80. The molecule has 0 saturated heterocycles. The van der Waals surface area contributed by atoms with Crippen molar-refractivity contribution in [2.45, 2.75) is 18.6 Å². The molecule has 5 nitrogen and oxygen atoms in total. The summed E-state index contributed by atoms with van der Waals surface area (Å²) in [6.07, 6.45) is 1.74. The number of allylic oxidation sites excluding steroid dienone is 1. The van der Waals surface area contributed by atoms with Gasteiger partial charge < -0.3 is 5.32 Å². The number of benzene rings is 2.